The highest BCUT2D eigenvalue weighted by atomic mass is 16.2. The highest BCUT2D eigenvalue weighted by Crippen LogP contribution is 2.20. The molecule has 0 bridgehead atoms. The molecule has 0 radical (unpaired) electrons. The molecule has 1 atom stereocenters. The maximum atomic E-state index is 12.1. The topological polar surface area (TPSA) is 44.4 Å². The van der Waals surface area contributed by atoms with Crippen molar-refractivity contribution in [1.82, 2.24) is 15.5 Å². The van der Waals surface area contributed by atoms with Crippen LogP contribution in [0.1, 0.15) is 59.8 Å². The molecule has 21 heavy (non-hydrogen) atoms. The normalized spacial score (nSPS) is 20.5. The van der Waals surface area contributed by atoms with Gasteiger partial charge in [0.05, 0.1) is 6.54 Å². The first kappa shape index (κ1) is 18.4. The third-order valence-electron chi connectivity index (χ3n) is 4.76. The fourth-order valence-electron chi connectivity index (χ4n) is 2.88. The molecule has 1 heterocycles. The van der Waals surface area contributed by atoms with E-state index in [1.807, 2.05) is 7.05 Å². The summed E-state index contributed by atoms with van der Waals surface area (Å²) in [6.45, 7) is 11.4. The number of hydrogen-bond acceptors (Lipinski definition) is 3. The second-order valence-electron chi connectivity index (χ2n) is 7.38. The molecule has 1 fully saturated rings. The third kappa shape index (κ3) is 7.28. The van der Waals surface area contributed by atoms with Gasteiger partial charge in [0.2, 0.25) is 5.91 Å². The second-order valence-corrected chi connectivity index (χ2v) is 7.38. The zero-order valence-electron chi connectivity index (χ0n) is 14.7. The molecular weight excluding hydrogens is 262 g/mol. The summed E-state index contributed by atoms with van der Waals surface area (Å²) in [7, 11) is 2.03. The minimum absolute atomic E-state index is 0.181. The van der Waals surface area contributed by atoms with E-state index in [2.05, 4.69) is 43.2 Å². The number of carbonyl (C=O) groups excluding carboxylic acids is 1. The molecule has 1 unspecified atom stereocenters. The highest BCUT2D eigenvalue weighted by Gasteiger charge is 2.28. The Bertz CT molecular complexity index is 309. The lowest BCUT2D eigenvalue weighted by Gasteiger charge is -2.39. The number of rotatable bonds is 8. The molecular formula is C17H35N3O. The summed E-state index contributed by atoms with van der Waals surface area (Å²) in [5.41, 5.74) is 0.247. The fraction of sp³-hybridized carbons (Fsp3) is 0.941. The summed E-state index contributed by atoms with van der Waals surface area (Å²) in [6, 6.07) is 0.295. The summed E-state index contributed by atoms with van der Waals surface area (Å²) in [4.78, 5) is 14.4. The van der Waals surface area contributed by atoms with E-state index in [4.69, 9.17) is 0 Å². The van der Waals surface area contributed by atoms with Crippen LogP contribution < -0.4 is 10.6 Å². The van der Waals surface area contributed by atoms with Crippen molar-refractivity contribution in [2.24, 2.45) is 5.92 Å². The van der Waals surface area contributed by atoms with Gasteiger partial charge in [0.1, 0.15) is 0 Å². The van der Waals surface area contributed by atoms with Crippen LogP contribution in [-0.4, -0.2) is 49.1 Å². The van der Waals surface area contributed by atoms with Crippen LogP contribution in [-0.2, 0) is 4.79 Å². The van der Waals surface area contributed by atoms with Crippen molar-refractivity contribution in [3.8, 4) is 0 Å². The average molecular weight is 297 g/mol. The SMILES string of the molecule is CNC1(C)CCN(CC(=O)NC(C)CCCC(C)C)CC1. The van der Waals surface area contributed by atoms with Crippen LogP contribution in [0.15, 0.2) is 0 Å². The maximum Gasteiger partial charge on any atom is 0.234 e. The van der Waals surface area contributed by atoms with E-state index in [1.165, 1.54) is 12.8 Å². The number of nitrogens with zero attached hydrogens (tertiary/aromatic N) is 1. The molecule has 0 spiro atoms. The lowest BCUT2D eigenvalue weighted by Crippen LogP contribution is -2.52. The quantitative estimate of drug-likeness (QED) is 0.723. The lowest BCUT2D eigenvalue weighted by molar-refractivity contribution is -0.123. The van der Waals surface area contributed by atoms with Gasteiger partial charge in [-0.05, 0) is 46.1 Å². The number of piperidine rings is 1. The van der Waals surface area contributed by atoms with Gasteiger partial charge in [-0.25, -0.2) is 0 Å². The molecule has 4 heteroatoms. The van der Waals surface area contributed by atoms with Crippen LogP contribution in [0.5, 0.6) is 0 Å². The van der Waals surface area contributed by atoms with Crippen LogP contribution in [0, 0.1) is 5.92 Å². The van der Waals surface area contributed by atoms with Crippen molar-refractivity contribution in [1.29, 1.82) is 0 Å². The number of nitrogens with one attached hydrogen (secondary N) is 2. The first-order valence-corrected chi connectivity index (χ1v) is 8.55. The summed E-state index contributed by atoms with van der Waals surface area (Å²) >= 11 is 0. The average Bonchev–Trinajstić information content (AvgIpc) is 2.41. The molecule has 0 aliphatic carbocycles. The van der Waals surface area contributed by atoms with Crippen molar-refractivity contribution >= 4 is 5.91 Å². The molecule has 1 amide bonds. The Morgan fingerprint density at radius 2 is 1.81 bits per heavy atom. The largest absolute Gasteiger partial charge is 0.353 e. The summed E-state index contributed by atoms with van der Waals surface area (Å²) in [5, 5.41) is 6.53. The van der Waals surface area contributed by atoms with Crippen molar-refractivity contribution in [2.75, 3.05) is 26.7 Å². The molecule has 124 valence electrons. The third-order valence-corrected chi connectivity index (χ3v) is 4.76. The Kier molecular flexibility index (Phi) is 7.67. The summed E-state index contributed by atoms with van der Waals surface area (Å²) < 4.78 is 0. The summed E-state index contributed by atoms with van der Waals surface area (Å²) in [5.74, 6) is 0.933. The molecule has 1 saturated heterocycles. The Balaban J connectivity index is 2.19. The van der Waals surface area contributed by atoms with Gasteiger partial charge in [0.25, 0.3) is 0 Å². The minimum atomic E-state index is 0.181. The van der Waals surface area contributed by atoms with Crippen molar-refractivity contribution in [3.63, 3.8) is 0 Å². The van der Waals surface area contributed by atoms with E-state index in [0.717, 1.165) is 38.3 Å². The van der Waals surface area contributed by atoms with Crippen LogP contribution in [0.25, 0.3) is 0 Å². The van der Waals surface area contributed by atoms with Crippen LogP contribution in [0.3, 0.4) is 0 Å². The molecule has 0 aromatic rings. The zero-order valence-corrected chi connectivity index (χ0v) is 14.7. The minimum Gasteiger partial charge on any atom is -0.353 e. The fourth-order valence-corrected chi connectivity index (χ4v) is 2.88. The Morgan fingerprint density at radius 3 is 2.33 bits per heavy atom. The van der Waals surface area contributed by atoms with E-state index in [1.54, 1.807) is 0 Å². The molecule has 0 saturated carbocycles. The second kappa shape index (κ2) is 8.74. The van der Waals surface area contributed by atoms with Gasteiger partial charge >= 0.3 is 0 Å². The standard InChI is InChI=1S/C17H35N3O/c1-14(2)7-6-8-15(3)19-16(21)13-20-11-9-17(4,18-5)10-12-20/h14-15,18H,6-13H2,1-5H3,(H,19,21). The monoisotopic (exact) mass is 297 g/mol. The van der Waals surface area contributed by atoms with E-state index in [-0.39, 0.29) is 11.4 Å². The van der Waals surface area contributed by atoms with Crippen molar-refractivity contribution in [3.05, 3.63) is 0 Å². The Labute approximate surface area is 131 Å². The molecule has 2 N–H and O–H groups in total. The van der Waals surface area contributed by atoms with Gasteiger partial charge < -0.3 is 10.6 Å². The van der Waals surface area contributed by atoms with Gasteiger partial charge in [0.15, 0.2) is 0 Å². The molecule has 4 nitrogen and oxygen atoms in total. The first-order chi connectivity index (χ1) is 9.84. The van der Waals surface area contributed by atoms with Gasteiger partial charge in [-0.15, -0.1) is 0 Å². The number of amides is 1. The van der Waals surface area contributed by atoms with Gasteiger partial charge in [-0.2, -0.15) is 0 Å². The van der Waals surface area contributed by atoms with Crippen LogP contribution in [0.4, 0.5) is 0 Å². The van der Waals surface area contributed by atoms with E-state index in [9.17, 15) is 4.79 Å². The van der Waals surface area contributed by atoms with Crippen LogP contribution >= 0.6 is 0 Å². The molecule has 1 aliphatic rings. The van der Waals surface area contributed by atoms with Crippen LogP contribution in [0.2, 0.25) is 0 Å². The maximum absolute atomic E-state index is 12.1. The molecule has 1 rings (SSSR count). The molecule has 0 aromatic heterocycles. The van der Waals surface area contributed by atoms with E-state index < -0.39 is 0 Å². The summed E-state index contributed by atoms with van der Waals surface area (Å²) in [6.07, 6.45) is 5.75. The highest BCUT2D eigenvalue weighted by molar-refractivity contribution is 5.78. The number of likely N-dealkylation sites (tertiary alicyclic amines) is 1. The van der Waals surface area contributed by atoms with Gasteiger partial charge in [0, 0.05) is 24.7 Å². The first-order valence-electron chi connectivity index (χ1n) is 8.55. The van der Waals surface area contributed by atoms with Crippen molar-refractivity contribution < 1.29 is 4.79 Å². The predicted molar refractivity (Wildman–Crippen MR) is 89.4 cm³/mol. The molecule has 0 aromatic carbocycles. The van der Waals surface area contributed by atoms with E-state index in [0.29, 0.717) is 12.6 Å². The van der Waals surface area contributed by atoms with E-state index >= 15 is 0 Å². The Hall–Kier alpha value is -0.610. The zero-order chi connectivity index (χ0) is 15.9. The van der Waals surface area contributed by atoms with Gasteiger partial charge in [-0.1, -0.05) is 26.7 Å². The van der Waals surface area contributed by atoms with Crippen molar-refractivity contribution in [2.45, 2.75) is 71.4 Å². The predicted octanol–water partition coefficient (Wildman–Crippen LogP) is 2.39. The Morgan fingerprint density at radius 1 is 1.19 bits per heavy atom. The van der Waals surface area contributed by atoms with Gasteiger partial charge in [-0.3, -0.25) is 9.69 Å². The smallest absolute Gasteiger partial charge is 0.234 e. The number of hydrogen-bond donors (Lipinski definition) is 2. The lowest BCUT2D eigenvalue weighted by atomic mass is 9.90. The number of carbonyl (C=O) groups is 1. The molecule has 1 aliphatic heterocycles.